The third-order valence-corrected chi connectivity index (χ3v) is 3.32. The van der Waals surface area contributed by atoms with Crippen LogP contribution in [0.3, 0.4) is 0 Å². The summed E-state index contributed by atoms with van der Waals surface area (Å²) in [5, 5.41) is 12.2. The molecule has 0 spiro atoms. The molecule has 0 aromatic carbocycles. The van der Waals surface area contributed by atoms with Crippen molar-refractivity contribution in [2.45, 2.75) is 58.9 Å². The summed E-state index contributed by atoms with van der Waals surface area (Å²) in [7, 11) is 0. The van der Waals surface area contributed by atoms with E-state index in [4.69, 9.17) is 5.11 Å². The summed E-state index contributed by atoms with van der Waals surface area (Å²) in [6.07, 6.45) is 6.17. The highest BCUT2D eigenvalue weighted by atomic mass is 16.4. The molecule has 1 rings (SSSR count). The molecule has 0 aliphatic heterocycles. The van der Waals surface area contributed by atoms with Crippen LogP contribution in [0.5, 0.6) is 0 Å². The van der Waals surface area contributed by atoms with Gasteiger partial charge in [0.05, 0.1) is 5.92 Å². The minimum absolute atomic E-state index is 0.266. The number of nitrogens with one attached hydrogen (secondary N) is 1. The summed E-state index contributed by atoms with van der Waals surface area (Å²) in [5.41, 5.74) is 1.05. The topological polar surface area (TPSA) is 75.1 Å². The van der Waals surface area contributed by atoms with Crippen molar-refractivity contribution in [3.05, 3.63) is 18.1 Å². The SMILES string of the molecule is CCCc1cc(NC(C)CCCC(C)C(=O)O)ncn1. The van der Waals surface area contributed by atoms with E-state index >= 15 is 0 Å². The summed E-state index contributed by atoms with van der Waals surface area (Å²) < 4.78 is 0. The zero-order valence-corrected chi connectivity index (χ0v) is 12.6. The van der Waals surface area contributed by atoms with Gasteiger partial charge in [-0.2, -0.15) is 0 Å². The maximum atomic E-state index is 10.7. The molecule has 0 amide bonds. The van der Waals surface area contributed by atoms with Gasteiger partial charge in [0, 0.05) is 17.8 Å². The van der Waals surface area contributed by atoms with E-state index in [1.165, 1.54) is 0 Å². The van der Waals surface area contributed by atoms with Crippen LogP contribution in [0, 0.1) is 5.92 Å². The zero-order chi connectivity index (χ0) is 15.0. The Kier molecular flexibility index (Phi) is 6.98. The van der Waals surface area contributed by atoms with Crippen molar-refractivity contribution in [2.75, 3.05) is 5.32 Å². The highest BCUT2D eigenvalue weighted by Gasteiger charge is 2.11. The number of aliphatic carboxylic acids is 1. The van der Waals surface area contributed by atoms with Gasteiger partial charge in [0.25, 0.3) is 0 Å². The maximum absolute atomic E-state index is 10.7. The smallest absolute Gasteiger partial charge is 0.306 e. The van der Waals surface area contributed by atoms with Crippen molar-refractivity contribution >= 4 is 11.8 Å². The lowest BCUT2D eigenvalue weighted by molar-refractivity contribution is -0.141. The predicted molar refractivity (Wildman–Crippen MR) is 79.8 cm³/mol. The fourth-order valence-corrected chi connectivity index (χ4v) is 2.05. The minimum atomic E-state index is -0.717. The van der Waals surface area contributed by atoms with Crippen LogP contribution in [0.15, 0.2) is 12.4 Å². The zero-order valence-electron chi connectivity index (χ0n) is 12.6. The molecule has 0 fully saturated rings. The average Bonchev–Trinajstić information content (AvgIpc) is 2.39. The van der Waals surface area contributed by atoms with Gasteiger partial charge in [-0.3, -0.25) is 4.79 Å². The van der Waals surface area contributed by atoms with Crippen molar-refractivity contribution < 1.29 is 9.90 Å². The van der Waals surface area contributed by atoms with Gasteiger partial charge in [0.1, 0.15) is 12.1 Å². The van der Waals surface area contributed by atoms with Gasteiger partial charge in [0.15, 0.2) is 0 Å². The molecule has 5 heteroatoms. The number of hydrogen-bond donors (Lipinski definition) is 2. The van der Waals surface area contributed by atoms with Crippen molar-refractivity contribution in [3.8, 4) is 0 Å². The maximum Gasteiger partial charge on any atom is 0.306 e. The first-order valence-corrected chi connectivity index (χ1v) is 7.33. The van der Waals surface area contributed by atoms with E-state index in [1.54, 1.807) is 13.3 Å². The molecule has 2 unspecified atom stereocenters. The molecule has 5 nitrogen and oxygen atoms in total. The summed E-state index contributed by atoms with van der Waals surface area (Å²) in [6, 6.07) is 2.26. The lowest BCUT2D eigenvalue weighted by Gasteiger charge is -2.15. The monoisotopic (exact) mass is 279 g/mol. The van der Waals surface area contributed by atoms with E-state index in [2.05, 4.69) is 29.1 Å². The van der Waals surface area contributed by atoms with Gasteiger partial charge in [-0.15, -0.1) is 0 Å². The van der Waals surface area contributed by atoms with Crippen LogP contribution < -0.4 is 5.32 Å². The Bertz CT molecular complexity index is 423. The number of hydrogen-bond acceptors (Lipinski definition) is 4. The number of carboxylic acid groups (broad SMARTS) is 1. The second-order valence-corrected chi connectivity index (χ2v) is 5.36. The number of anilines is 1. The summed E-state index contributed by atoms with van der Waals surface area (Å²) in [5.74, 6) is -0.134. The average molecular weight is 279 g/mol. The van der Waals surface area contributed by atoms with Crippen molar-refractivity contribution in [2.24, 2.45) is 5.92 Å². The number of nitrogens with zero attached hydrogens (tertiary/aromatic N) is 2. The van der Waals surface area contributed by atoms with E-state index in [1.807, 2.05) is 6.07 Å². The van der Waals surface area contributed by atoms with Crippen LogP contribution in [-0.2, 0) is 11.2 Å². The summed E-state index contributed by atoms with van der Waals surface area (Å²) in [4.78, 5) is 19.2. The molecule has 0 saturated carbocycles. The van der Waals surface area contributed by atoms with Crippen LogP contribution in [0.4, 0.5) is 5.82 Å². The highest BCUT2D eigenvalue weighted by Crippen LogP contribution is 2.13. The second kappa shape index (κ2) is 8.51. The molecule has 0 radical (unpaired) electrons. The third-order valence-electron chi connectivity index (χ3n) is 3.32. The standard InChI is InChI=1S/C15H25N3O2/c1-4-6-13-9-14(17-10-16-13)18-12(3)8-5-7-11(2)15(19)20/h9-12H,4-8H2,1-3H3,(H,19,20)(H,16,17,18). The summed E-state index contributed by atoms with van der Waals surface area (Å²) >= 11 is 0. The van der Waals surface area contributed by atoms with Gasteiger partial charge < -0.3 is 10.4 Å². The highest BCUT2D eigenvalue weighted by molar-refractivity contribution is 5.69. The Morgan fingerprint density at radius 2 is 2.10 bits per heavy atom. The molecule has 20 heavy (non-hydrogen) atoms. The number of carbonyl (C=O) groups is 1. The largest absolute Gasteiger partial charge is 0.481 e. The lowest BCUT2D eigenvalue weighted by atomic mass is 10.0. The van der Waals surface area contributed by atoms with E-state index in [0.717, 1.165) is 37.2 Å². The van der Waals surface area contributed by atoms with Gasteiger partial charge in [-0.1, -0.05) is 26.7 Å². The number of aryl methyl sites for hydroxylation is 1. The predicted octanol–water partition coefficient (Wildman–Crippen LogP) is 3.12. The molecule has 2 N–H and O–H groups in total. The molecule has 1 heterocycles. The fourth-order valence-electron chi connectivity index (χ4n) is 2.05. The molecule has 1 aromatic heterocycles. The quantitative estimate of drug-likeness (QED) is 0.726. The van der Waals surface area contributed by atoms with Crippen molar-refractivity contribution in [1.29, 1.82) is 0 Å². The number of rotatable bonds is 9. The fraction of sp³-hybridized carbons (Fsp3) is 0.667. The first-order valence-electron chi connectivity index (χ1n) is 7.33. The van der Waals surface area contributed by atoms with Gasteiger partial charge in [-0.25, -0.2) is 9.97 Å². The van der Waals surface area contributed by atoms with E-state index in [-0.39, 0.29) is 12.0 Å². The molecule has 2 atom stereocenters. The van der Waals surface area contributed by atoms with Crippen molar-refractivity contribution in [3.63, 3.8) is 0 Å². The molecule has 0 saturated heterocycles. The Balaban J connectivity index is 2.36. The van der Waals surface area contributed by atoms with Crippen LogP contribution in [0.25, 0.3) is 0 Å². The minimum Gasteiger partial charge on any atom is -0.481 e. The Morgan fingerprint density at radius 1 is 1.35 bits per heavy atom. The molecule has 0 aliphatic rings. The molecule has 112 valence electrons. The molecule has 0 aliphatic carbocycles. The van der Waals surface area contributed by atoms with E-state index < -0.39 is 5.97 Å². The van der Waals surface area contributed by atoms with Crippen LogP contribution in [0.1, 0.15) is 52.1 Å². The molecule has 0 bridgehead atoms. The second-order valence-electron chi connectivity index (χ2n) is 5.36. The van der Waals surface area contributed by atoms with Crippen LogP contribution >= 0.6 is 0 Å². The van der Waals surface area contributed by atoms with Crippen molar-refractivity contribution in [1.82, 2.24) is 9.97 Å². The van der Waals surface area contributed by atoms with E-state index in [0.29, 0.717) is 6.42 Å². The third kappa shape index (κ3) is 5.99. The molecule has 1 aromatic rings. The van der Waals surface area contributed by atoms with Gasteiger partial charge in [0.2, 0.25) is 0 Å². The van der Waals surface area contributed by atoms with Crippen LogP contribution in [0.2, 0.25) is 0 Å². The van der Waals surface area contributed by atoms with E-state index in [9.17, 15) is 4.79 Å². The number of aromatic nitrogens is 2. The Morgan fingerprint density at radius 3 is 2.75 bits per heavy atom. The first-order chi connectivity index (χ1) is 9.52. The normalized spacial score (nSPS) is 13.8. The Labute approximate surface area is 120 Å². The molecular formula is C15H25N3O2. The first kappa shape index (κ1) is 16.4. The molecular weight excluding hydrogens is 254 g/mol. The van der Waals surface area contributed by atoms with Gasteiger partial charge >= 0.3 is 5.97 Å². The van der Waals surface area contributed by atoms with Crippen LogP contribution in [-0.4, -0.2) is 27.1 Å². The summed E-state index contributed by atoms with van der Waals surface area (Å²) in [6.45, 7) is 5.97. The number of carboxylic acids is 1. The van der Waals surface area contributed by atoms with Gasteiger partial charge in [-0.05, 0) is 26.2 Å². The Hall–Kier alpha value is -1.65. The lowest BCUT2D eigenvalue weighted by Crippen LogP contribution is -2.17.